The van der Waals surface area contributed by atoms with Crippen LogP contribution >= 0.6 is 0 Å². The maximum atomic E-state index is 15.1. The highest BCUT2D eigenvalue weighted by atomic mass is 32.2. The van der Waals surface area contributed by atoms with Crippen molar-refractivity contribution >= 4 is 55.0 Å². The van der Waals surface area contributed by atoms with Crippen molar-refractivity contribution < 1.29 is 54.6 Å². The molecule has 6 aromatic heterocycles. The zero-order chi connectivity index (χ0) is 57.3. The Bertz CT molecular complexity index is 4250. The molecule has 2 saturated carbocycles. The predicted octanol–water partition coefficient (Wildman–Crippen LogP) is 10.9. The molecule has 0 atom stereocenters. The number of fused-ring (bicyclic) bond motifs is 2. The van der Waals surface area contributed by atoms with Crippen molar-refractivity contribution in [2.75, 3.05) is 6.26 Å². The number of H-pyrrole nitrogens is 1. The number of Topliss-reactive ketones (excluding diaryl/α,β-unsaturated/α-hetero) is 4. The number of rotatable bonds is 19. The molecule has 4 aromatic carbocycles. The number of nitrogens with one attached hydrogen (secondary N) is 1. The second-order valence-electron chi connectivity index (χ2n) is 20.2. The first kappa shape index (κ1) is 54.3. The highest BCUT2D eigenvalue weighted by Crippen LogP contribution is 2.50. The molecule has 16 nitrogen and oxygen atoms in total. The van der Waals surface area contributed by atoms with Gasteiger partial charge in [0.2, 0.25) is 0 Å². The molecule has 0 aliphatic heterocycles. The Labute approximate surface area is 465 Å². The van der Waals surface area contributed by atoms with Crippen molar-refractivity contribution in [2.24, 2.45) is 10.8 Å². The second-order valence-corrected chi connectivity index (χ2v) is 22.0. The van der Waals surface area contributed by atoms with Crippen LogP contribution in [0.15, 0.2) is 159 Å². The maximum Gasteiger partial charge on any atom is 0.250 e. The topological polar surface area (TPSA) is 219 Å². The lowest BCUT2D eigenvalue weighted by molar-refractivity contribution is -0.135. The lowest BCUT2D eigenvalue weighted by atomic mass is 9.88. The molecular weight excluding hydrogens is 1080 g/mol. The van der Waals surface area contributed by atoms with E-state index in [4.69, 9.17) is 9.47 Å². The lowest BCUT2D eigenvalue weighted by Gasteiger charge is -2.14. The standard InChI is InChI=1S/C31H24F2N4O5S.C30H22F2N4O3/c1-43(40,41)37-18-21(16-36-37)25-15-26-23(17-35-25)27(8-11-34-26)42-28-7-4-20(12-24(28)33)14-30(39)31(9-10-31)29(38)13-19-2-5-22(32)6-3-19;31-21-4-1-18(2-5-21)12-28(37)30(8-9-30)29(38)13-19-3-6-27(23(32)11-19)39-26-7-10-33-25-14-24(34-17-22(25)26)20-15-35-36-16-20/h2-8,11-12,15-18H,9-10,13-14H2,1H3;1-7,10-11,14-17H,8-9,12-13H2,(H,35,36). The number of carbonyl (C=O) groups excluding carboxylic acids is 4. The van der Waals surface area contributed by atoms with Gasteiger partial charge in [-0.25, -0.2) is 26.0 Å². The number of pyridine rings is 4. The van der Waals surface area contributed by atoms with Gasteiger partial charge in [-0.15, -0.1) is 0 Å². The molecular formula is C61H46F4N8O8S. The van der Waals surface area contributed by atoms with Crippen molar-refractivity contribution in [1.29, 1.82) is 0 Å². The van der Waals surface area contributed by atoms with E-state index in [1.807, 2.05) is 0 Å². The molecule has 10 aromatic rings. The first-order chi connectivity index (χ1) is 39.4. The van der Waals surface area contributed by atoms with Crippen LogP contribution in [0.5, 0.6) is 23.0 Å². The van der Waals surface area contributed by atoms with Crippen LogP contribution in [0.1, 0.15) is 47.9 Å². The minimum Gasteiger partial charge on any atom is -0.453 e. The first-order valence-corrected chi connectivity index (χ1v) is 27.6. The van der Waals surface area contributed by atoms with E-state index in [9.17, 15) is 36.4 Å². The van der Waals surface area contributed by atoms with Gasteiger partial charge in [-0.1, -0.05) is 36.4 Å². The molecule has 0 saturated heterocycles. The molecule has 0 radical (unpaired) electrons. The van der Waals surface area contributed by atoms with Gasteiger partial charge < -0.3 is 9.47 Å². The predicted molar refractivity (Wildman–Crippen MR) is 292 cm³/mol. The highest BCUT2D eigenvalue weighted by molar-refractivity contribution is 7.89. The summed E-state index contributed by atoms with van der Waals surface area (Å²) in [5.74, 6) is -2.40. The highest BCUT2D eigenvalue weighted by Gasteiger charge is 2.55. The molecule has 21 heteroatoms. The van der Waals surface area contributed by atoms with E-state index in [1.54, 1.807) is 73.3 Å². The number of benzene rings is 4. The summed E-state index contributed by atoms with van der Waals surface area (Å²) in [6.45, 7) is 0. The van der Waals surface area contributed by atoms with Gasteiger partial charge in [0.1, 0.15) is 23.1 Å². The Kier molecular flexibility index (Phi) is 14.7. The van der Waals surface area contributed by atoms with Crippen LogP contribution in [-0.2, 0) is 54.9 Å². The SMILES string of the molecule is CS(=O)(=O)n1cc(-c2cc3nccc(Oc4ccc(CC(=O)C5(C(=O)Cc6ccc(F)cc6)CC5)cc4F)c3cn2)cn1.O=C(Cc1ccc(F)cc1)C1(C(=O)Cc2ccc(Oc3ccnc4cc(-c5cn[nH]c5)ncc34)c(F)c2)CC1. The molecule has 6 heterocycles. The third-order valence-electron chi connectivity index (χ3n) is 14.5. The summed E-state index contributed by atoms with van der Waals surface area (Å²) >= 11 is 0. The van der Waals surface area contributed by atoms with Crippen molar-refractivity contribution in [3.05, 3.63) is 204 Å². The third kappa shape index (κ3) is 11.7. The van der Waals surface area contributed by atoms with Gasteiger partial charge in [0.05, 0.1) is 68.9 Å². The summed E-state index contributed by atoms with van der Waals surface area (Å²) in [5, 5.41) is 11.6. The number of ketones is 4. The van der Waals surface area contributed by atoms with Crippen molar-refractivity contribution in [1.82, 2.24) is 39.3 Å². The van der Waals surface area contributed by atoms with E-state index in [0.717, 1.165) is 15.9 Å². The monoisotopic (exact) mass is 1130 g/mol. The van der Waals surface area contributed by atoms with E-state index < -0.39 is 38.3 Å². The molecule has 0 bridgehead atoms. The number of carbonyl (C=O) groups is 4. The molecule has 0 amide bonds. The van der Waals surface area contributed by atoms with Crippen LogP contribution < -0.4 is 9.47 Å². The number of aromatic nitrogens is 8. The Hall–Kier alpha value is -9.63. The number of hydrogen-bond donors (Lipinski definition) is 1. The quantitative estimate of drug-likeness (QED) is 0.0588. The van der Waals surface area contributed by atoms with Crippen LogP contribution in [0, 0.1) is 34.1 Å². The fourth-order valence-corrected chi connectivity index (χ4v) is 10.1. The number of halogens is 4. The van der Waals surface area contributed by atoms with Gasteiger partial charge >= 0.3 is 0 Å². The molecule has 82 heavy (non-hydrogen) atoms. The van der Waals surface area contributed by atoms with Gasteiger partial charge in [0, 0.05) is 67.8 Å². The first-order valence-electron chi connectivity index (χ1n) is 25.7. The van der Waals surface area contributed by atoms with Crippen LogP contribution in [0.25, 0.3) is 44.3 Å². The zero-order valence-electron chi connectivity index (χ0n) is 43.5. The Morgan fingerprint density at radius 1 is 0.524 bits per heavy atom. The van der Waals surface area contributed by atoms with E-state index in [2.05, 4.69) is 35.2 Å². The van der Waals surface area contributed by atoms with E-state index in [-0.39, 0.29) is 66.1 Å². The van der Waals surface area contributed by atoms with Crippen LogP contribution in [0.3, 0.4) is 0 Å². The Morgan fingerprint density at radius 3 is 1.34 bits per heavy atom. The summed E-state index contributed by atoms with van der Waals surface area (Å²) < 4.78 is 92.6. The summed E-state index contributed by atoms with van der Waals surface area (Å²) in [6.07, 6.45) is 15.1. The lowest BCUT2D eigenvalue weighted by Crippen LogP contribution is -2.28. The van der Waals surface area contributed by atoms with E-state index in [0.29, 0.717) is 98.2 Å². The second kappa shape index (κ2) is 22.1. The number of hydrogen-bond acceptors (Lipinski definition) is 14. The average Bonchev–Trinajstić information content (AvgIpc) is 4.49. The molecule has 0 spiro atoms. The zero-order valence-corrected chi connectivity index (χ0v) is 44.3. The number of ether oxygens (including phenoxy) is 2. The van der Waals surface area contributed by atoms with Crippen LogP contribution in [0.4, 0.5) is 17.6 Å². The van der Waals surface area contributed by atoms with Crippen LogP contribution in [0.2, 0.25) is 0 Å². The Morgan fingerprint density at radius 2 is 0.951 bits per heavy atom. The van der Waals surface area contributed by atoms with Gasteiger partial charge in [-0.05, 0) is 121 Å². The van der Waals surface area contributed by atoms with Gasteiger partial charge in [0.25, 0.3) is 10.0 Å². The summed E-state index contributed by atoms with van der Waals surface area (Å²) in [5.41, 5.74) is 3.56. The fourth-order valence-electron chi connectivity index (χ4n) is 9.55. The van der Waals surface area contributed by atoms with E-state index >= 15 is 8.78 Å². The fraction of sp³-hybridized carbons (Fsp3) is 0.180. The minimum absolute atomic E-state index is 0.00821. The minimum atomic E-state index is -3.55. The van der Waals surface area contributed by atoms with E-state index in [1.165, 1.54) is 85.5 Å². The van der Waals surface area contributed by atoms with Crippen molar-refractivity contribution in [2.45, 2.75) is 51.4 Å². The molecule has 12 rings (SSSR count). The van der Waals surface area contributed by atoms with Crippen molar-refractivity contribution in [3.8, 4) is 45.5 Å². The summed E-state index contributed by atoms with van der Waals surface area (Å²) in [6, 6.07) is 26.5. The van der Waals surface area contributed by atoms with Crippen LogP contribution in [-0.4, -0.2) is 77.1 Å². The molecule has 1 N–H and O–H groups in total. The number of nitrogens with zero attached hydrogens (tertiary/aromatic N) is 7. The number of aromatic amines is 1. The average molecular weight is 1130 g/mol. The molecule has 0 unspecified atom stereocenters. The largest absolute Gasteiger partial charge is 0.453 e. The third-order valence-corrected chi connectivity index (χ3v) is 15.4. The van der Waals surface area contributed by atoms with Gasteiger partial charge in [-0.3, -0.25) is 44.2 Å². The molecule has 412 valence electrons. The molecule has 2 fully saturated rings. The van der Waals surface area contributed by atoms with Crippen molar-refractivity contribution in [3.63, 3.8) is 0 Å². The summed E-state index contributed by atoms with van der Waals surface area (Å²) in [7, 11) is -3.55. The molecule has 2 aliphatic rings. The summed E-state index contributed by atoms with van der Waals surface area (Å²) in [4.78, 5) is 69.5. The van der Waals surface area contributed by atoms with Gasteiger partial charge in [0.15, 0.2) is 46.3 Å². The molecule has 2 aliphatic carbocycles. The maximum absolute atomic E-state index is 15.1. The Balaban J connectivity index is 0.000000173. The smallest absolute Gasteiger partial charge is 0.250 e. The van der Waals surface area contributed by atoms with Gasteiger partial charge in [-0.2, -0.15) is 14.3 Å². The normalized spacial score (nSPS) is 13.9.